The van der Waals surface area contributed by atoms with Gasteiger partial charge in [0.15, 0.2) is 11.5 Å². The van der Waals surface area contributed by atoms with Crippen molar-refractivity contribution in [1.29, 1.82) is 0 Å². The number of aromatic nitrogens is 1. The zero-order chi connectivity index (χ0) is 27.5. The van der Waals surface area contributed by atoms with Gasteiger partial charge in [-0.1, -0.05) is 5.16 Å². The Labute approximate surface area is 224 Å². The van der Waals surface area contributed by atoms with Crippen molar-refractivity contribution in [2.45, 2.75) is 56.7 Å². The minimum atomic E-state index is -0.535. The van der Waals surface area contributed by atoms with Crippen molar-refractivity contribution >= 4 is 11.6 Å². The summed E-state index contributed by atoms with van der Waals surface area (Å²) in [6.07, 6.45) is 6.05. The van der Waals surface area contributed by atoms with Gasteiger partial charge in [0.2, 0.25) is 0 Å². The van der Waals surface area contributed by atoms with Crippen molar-refractivity contribution in [1.82, 2.24) is 15.4 Å². The monoisotopic (exact) mass is 537 g/mol. The van der Waals surface area contributed by atoms with Crippen LogP contribution in [-0.2, 0) is 0 Å². The molecule has 5 N–H and O–H groups in total. The van der Waals surface area contributed by atoms with Crippen LogP contribution in [0, 0.1) is 10.1 Å². The van der Waals surface area contributed by atoms with E-state index in [0.29, 0.717) is 12.1 Å². The molecule has 1 aliphatic heterocycles. The molecule has 0 spiro atoms. The van der Waals surface area contributed by atoms with Crippen LogP contribution in [0.2, 0.25) is 0 Å². The Kier molecular flexibility index (Phi) is 7.66. The zero-order valence-electron chi connectivity index (χ0n) is 21.3. The molecular weight excluding hydrogens is 506 g/mol. The lowest BCUT2D eigenvalue weighted by molar-refractivity contribution is -0.384. The van der Waals surface area contributed by atoms with Crippen molar-refractivity contribution in [3.63, 3.8) is 0 Å². The van der Waals surface area contributed by atoms with E-state index in [1.165, 1.54) is 36.4 Å². The molecule has 1 saturated carbocycles. The van der Waals surface area contributed by atoms with Gasteiger partial charge < -0.3 is 35.4 Å². The molecule has 2 aliphatic rings. The average molecular weight is 538 g/mol. The van der Waals surface area contributed by atoms with Crippen LogP contribution in [0.25, 0.3) is 11.3 Å². The molecule has 0 bridgehead atoms. The number of nitrogens with zero attached hydrogens (tertiary/aromatic N) is 3. The second kappa shape index (κ2) is 11.3. The highest BCUT2D eigenvalue weighted by Gasteiger charge is 2.29. The Balaban J connectivity index is 1.25. The summed E-state index contributed by atoms with van der Waals surface area (Å²) in [5.74, 6) is -0.713. The fourth-order valence-electron chi connectivity index (χ4n) is 5.31. The summed E-state index contributed by atoms with van der Waals surface area (Å²) in [6.45, 7) is 1.83. The van der Waals surface area contributed by atoms with Gasteiger partial charge in [-0.15, -0.1) is 0 Å². The van der Waals surface area contributed by atoms with Gasteiger partial charge in [0.05, 0.1) is 4.92 Å². The van der Waals surface area contributed by atoms with E-state index < -0.39 is 4.92 Å². The number of likely N-dealkylation sites (tertiary alicyclic amines) is 1. The number of ether oxygens (including phenoxy) is 1. The molecule has 1 aromatic heterocycles. The fourth-order valence-corrected chi connectivity index (χ4v) is 5.31. The van der Waals surface area contributed by atoms with E-state index in [4.69, 9.17) is 15.0 Å². The standard InChI is InChI=1S/C27H31N5O7/c28-16-1-3-18(4-2-16)31-11-9-17(10-12-31)29-27(35)22-15-25(39-30-22)26-23(34)13-20(33)14-24(26)38-21-7-5-19(6-8-21)32(36)37/h5-8,13-18,33-34H,1-4,9-12,28H2,(H,29,35). The van der Waals surface area contributed by atoms with E-state index in [9.17, 15) is 25.1 Å². The van der Waals surface area contributed by atoms with Gasteiger partial charge in [0, 0.05) is 61.5 Å². The number of nitrogens with two attached hydrogens (primary N) is 1. The number of benzene rings is 2. The Bertz CT molecular complexity index is 1330. The van der Waals surface area contributed by atoms with E-state index in [1.807, 2.05) is 0 Å². The molecule has 2 aromatic carbocycles. The van der Waals surface area contributed by atoms with Crippen molar-refractivity contribution < 1.29 is 29.2 Å². The first-order valence-corrected chi connectivity index (χ1v) is 13.0. The zero-order valence-corrected chi connectivity index (χ0v) is 21.3. The summed E-state index contributed by atoms with van der Waals surface area (Å²) in [7, 11) is 0. The van der Waals surface area contributed by atoms with E-state index >= 15 is 0 Å². The van der Waals surface area contributed by atoms with Crippen LogP contribution < -0.4 is 15.8 Å². The van der Waals surface area contributed by atoms with Crippen LogP contribution >= 0.6 is 0 Å². The van der Waals surface area contributed by atoms with Gasteiger partial charge in [-0.05, 0) is 50.7 Å². The summed E-state index contributed by atoms with van der Waals surface area (Å²) in [4.78, 5) is 25.8. The number of carbonyl (C=O) groups is 1. The molecule has 206 valence electrons. The minimum Gasteiger partial charge on any atom is -0.508 e. The number of nitro benzene ring substituents is 1. The highest BCUT2D eigenvalue weighted by Crippen LogP contribution is 2.43. The van der Waals surface area contributed by atoms with Gasteiger partial charge in [0.25, 0.3) is 11.6 Å². The van der Waals surface area contributed by atoms with Crippen LogP contribution in [0.15, 0.2) is 47.0 Å². The maximum Gasteiger partial charge on any atom is 0.273 e. The van der Waals surface area contributed by atoms with Crippen molar-refractivity contribution in [2.24, 2.45) is 5.73 Å². The number of phenolic OH excluding ortho intramolecular Hbond substituents is 2. The molecule has 0 radical (unpaired) electrons. The van der Waals surface area contributed by atoms with E-state index in [2.05, 4.69) is 15.4 Å². The number of phenols is 2. The first-order chi connectivity index (χ1) is 18.8. The molecule has 1 saturated heterocycles. The molecule has 12 heteroatoms. The Morgan fingerprint density at radius 2 is 1.77 bits per heavy atom. The van der Waals surface area contributed by atoms with Crippen molar-refractivity contribution in [3.8, 4) is 34.3 Å². The Morgan fingerprint density at radius 1 is 1.08 bits per heavy atom. The highest BCUT2D eigenvalue weighted by molar-refractivity contribution is 5.93. The lowest BCUT2D eigenvalue weighted by Crippen LogP contribution is -2.49. The fraction of sp³-hybridized carbons (Fsp3) is 0.407. The number of amides is 1. The molecular formula is C27H31N5O7. The van der Waals surface area contributed by atoms with Gasteiger partial charge in [0.1, 0.15) is 28.6 Å². The molecule has 5 rings (SSSR count). The van der Waals surface area contributed by atoms with Gasteiger partial charge in [-0.2, -0.15) is 0 Å². The average Bonchev–Trinajstić information content (AvgIpc) is 3.39. The summed E-state index contributed by atoms with van der Waals surface area (Å²) in [5, 5.41) is 38.4. The highest BCUT2D eigenvalue weighted by atomic mass is 16.6. The number of non-ortho nitro benzene ring substituents is 1. The van der Waals surface area contributed by atoms with E-state index in [0.717, 1.165) is 57.7 Å². The van der Waals surface area contributed by atoms with Crippen LogP contribution in [0.3, 0.4) is 0 Å². The van der Waals surface area contributed by atoms with Gasteiger partial charge >= 0.3 is 0 Å². The number of hydrogen-bond acceptors (Lipinski definition) is 10. The first kappa shape index (κ1) is 26.4. The van der Waals surface area contributed by atoms with Crippen molar-refractivity contribution in [3.05, 3.63) is 58.3 Å². The number of hydrogen-bond donors (Lipinski definition) is 4. The summed E-state index contributed by atoms with van der Waals surface area (Å²) >= 11 is 0. The largest absolute Gasteiger partial charge is 0.508 e. The second-order valence-electron chi connectivity index (χ2n) is 10.1. The third-order valence-electron chi connectivity index (χ3n) is 7.45. The van der Waals surface area contributed by atoms with Crippen LogP contribution in [-0.4, -0.2) is 62.3 Å². The molecule has 2 heterocycles. The topological polar surface area (TPSA) is 177 Å². The summed E-state index contributed by atoms with van der Waals surface area (Å²) in [5.41, 5.74) is 6.03. The Morgan fingerprint density at radius 3 is 2.44 bits per heavy atom. The molecule has 1 aliphatic carbocycles. The van der Waals surface area contributed by atoms with Crippen LogP contribution in [0.1, 0.15) is 49.0 Å². The third-order valence-corrected chi connectivity index (χ3v) is 7.45. The minimum absolute atomic E-state index is 0.0144. The molecule has 0 unspecified atom stereocenters. The molecule has 12 nitrogen and oxygen atoms in total. The third kappa shape index (κ3) is 6.13. The summed E-state index contributed by atoms with van der Waals surface area (Å²) in [6, 6.07) is 9.97. The number of piperidine rings is 1. The molecule has 3 aromatic rings. The predicted octanol–water partition coefficient (Wildman–Crippen LogP) is 3.92. The first-order valence-electron chi connectivity index (χ1n) is 13.0. The van der Waals surface area contributed by atoms with Gasteiger partial charge in [-0.3, -0.25) is 14.9 Å². The second-order valence-corrected chi connectivity index (χ2v) is 10.1. The number of nitrogens with one attached hydrogen (secondary N) is 1. The van der Waals surface area contributed by atoms with Crippen LogP contribution in [0.5, 0.6) is 23.0 Å². The smallest absolute Gasteiger partial charge is 0.273 e. The van der Waals surface area contributed by atoms with Crippen molar-refractivity contribution in [2.75, 3.05) is 13.1 Å². The van der Waals surface area contributed by atoms with E-state index in [-0.39, 0.29) is 57.7 Å². The molecule has 39 heavy (non-hydrogen) atoms. The number of rotatable bonds is 7. The Hall–Kier alpha value is -4.16. The lowest BCUT2D eigenvalue weighted by atomic mass is 9.89. The quantitative estimate of drug-likeness (QED) is 0.255. The molecule has 2 fully saturated rings. The van der Waals surface area contributed by atoms with Crippen LogP contribution in [0.4, 0.5) is 5.69 Å². The summed E-state index contributed by atoms with van der Waals surface area (Å²) < 4.78 is 11.2. The lowest BCUT2D eigenvalue weighted by Gasteiger charge is -2.40. The normalized spacial score (nSPS) is 20.4. The van der Waals surface area contributed by atoms with E-state index in [1.54, 1.807) is 0 Å². The molecule has 0 atom stereocenters. The van der Waals surface area contributed by atoms with Gasteiger partial charge in [-0.25, -0.2) is 0 Å². The maximum atomic E-state index is 12.9. The maximum absolute atomic E-state index is 12.9. The number of nitro groups is 1. The number of aromatic hydroxyl groups is 2. The molecule has 1 amide bonds. The number of carbonyl (C=O) groups excluding carboxylic acids is 1. The SMILES string of the molecule is NC1CCC(N2CCC(NC(=O)c3cc(-c4c(O)cc(O)cc4Oc4ccc([N+](=O)[O-])cc4)on3)CC2)CC1. The predicted molar refractivity (Wildman–Crippen MR) is 141 cm³/mol.